The summed E-state index contributed by atoms with van der Waals surface area (Å²) in [6.45, 7) is 0.521. The van der Waals surface area contributed by atoms with Crippen molar-refractivity contribution in [3.8, 4) is 5.69 Å². The molecule has 1 aliphatic rings. The second kappa shape index (κ2) is 6.96. The van der Waals surface area contributed by atoms with Crippen molar-refractivity contribution < 1.29 is 4.79 Å². The molecule has 2 aromatic carbocycles. The highest BCUT2D eigenvalue weighted by Crippen LogP contribution is 2.44. The molecule has 1 aliphatic carbocycles. The number of hydrogen-bond donors (Lipinski definition) is 1. The summed E-state index contributed by atoms with van der Waals surface area (Å²) in [5.41, 5.74) is 2.72. The third-order valence-electron chi connectivity index (χ3n) is 5.20. The van der Waals surface area contributed by atoms with Gasteiger partial charge in [-0.15, -0.1) is 0 Å². The first kappa shape index (κ1) is 16.9. The summed E-state index contributed by atoms with van der Waals surface area (Å²) in [7, 11) is 0. The van der Waals surface area contributed by atoms with Crippen molar-refractivity contribution in [1.29, 1.82) is 0 Å². The smallest absolute Gasteiger partial charge is 0.230 e. The number of aromatic nitrogens is 2. The molecule has 0 spiro atoms. The highest BCUT2D eigenvalue weighted by Gasteiger charge is 2.45. The third-order valence-corrected chi connectivity index (χ3v) is 5.45. The largest absolute Gasteiger partial charge is 0.351 e. The van der Waals surface area contributed by atoms with E-state index in [1.54, 1.807) is 6.20 Å². The lowest BCUT2D eigenvalue weighted by molar-refractivity contribution is -0.130. The lowest BCUT2D eigenvalue weighted by Crippen LogP contribution is -2.48. The van der Waals surface area contributed by atoms with Crippen LogP contribution in [0.25, 0.3) is 5.69 Å². The molecule has 0 saturated heterocycles. The van der Waals surface area contributed by atoms with Crippen molar-refractivity contribution in [2.24, 2.45) is 0 Å². The summed E-state index contributed by atoms with van der Waals surface area (Å²) in [6, 6.07) is 17.6. The van der Waals surface area contributed by atoms with Crippen molar-refractivity contribution in [3.63, 3.8) is 0 Å². The van der Waals surface area contributed by atoms with E-state index in [0.29, 0.717) is 11.6 Å². The number of amides is 1. The Morgan fingerprint density at radius 3 is 2.42 bits per heavy atom. The molecule has 0 bridgehead atoms. The first-order chi connectivity index (χ1) is 12.7. The normalized spacial score (nSPS) is 15.3. The number of halogens is 1. The van der Waals surface area contributed by atoms with Crippen molar-refractivity contribution in [1.82, 2.24) is 15.1 Å². The van der Waals surface area contributed by atoms with Crippen molar-refractivity contribution in [3.05, 3.63) is 83.1 Å². The first-order valence-electron chi connectivity index (χ1n) is 8.81. The average molecular weight is 366 g/mol. The predicted octanol–water partition coefficient (Wildman–Crippen LogP) is 4.26. The van der Waals surface area contributed by atoms with Crippen LogP contribution in [0.5, 0.6) is 0 Å². The van der Waals surface area contributed by atoms with E-state index >= 15 is 0 Å². The van der Waals surface area contributed by atoms with Crippen LogP contribution < -0.4 is 5.32 Å². The van der Waals surface area contributed by atoms with Gasteiger partial charge < -0.3 is 5.32 Å². The molecular formula is C21H20ClN3O. The topological polar surface area (TPSA) is 46.9 Å². The van der Waals surface area contributed by atoms with Gasteiger partial charge in [0.15, 0.2) is 0 Å². The number of carbonyl (C=O) groups excluding carboxylic acids is 1. The summed E-state index contributed by atoms with van der Waals surface area (Å²) in [5, 5.41) is 8.03. The fraction of sp³-hybridized carbons (Fsp3) is 0.238. The summed E-state index contributed by atoms with van der Waals surface area (Å²) in [5.74, 6) is 0.0993. The molecular weight excluding hydrogens is 346 g/mol. The molecule has 0 unspecified atom stereocenters. The second-order valence-electron chi connectivity index (χ2n) is 6.74. The highest BCUT2D eigenvalue weighted by atomic mass is 35.5. The van der Waals surface area contributed by atoms with Gasteiger partial charge in [-0.3, -0.25) is 4.79 Å². The minimum Gasteiger partial charge on any atom is -0.351 e. The van der Waals surface area contributed by atoms with Crippen LogP contribution in [-0.4, -0.2) is 15.7 Å². The van der Waals surface area contributed by atoms with Crippen LogP contribution in [0, 0.1) is 0 Å². The quantitative estimate of drug-likeness (QED) is 0.734. The molecule has 1 aromatic heterocycles. The minimum absolute atomic E-state index is 0.0993. The molecule has 5 heteroatoms. The Morgan fingerprint density at radius 2 is 1.85 bits per heavy atom. The zero-order valence-electron chi connectivity index (χ0n) is 14.4. The maximum absolute atomic E-state index is 12.9. The van der Waals surface area contributed by atoms with Crippen LogP contribution in [-0.2, 0) is 16.8 Å². The maximum atomic E-state index is 12.9. The summed E-state index contributed by atoms with van der Waals surface area (Å²) < 4.78 is 1.81. The van der Waals surface area contributed by atoms with Gasteiger partial charge in [-0.05, 0) is 54.3 Å². The molecule has 4 rings (SSSR count). The number of carbonyl (C=O) groups is 1. The van der Waals surface area contributed by atoms with E-state index in [-0.39, 0.29) is 5.91 Å². The summed E-state index contributed by atoms with van der Waals surface area (Å²) in [4.78, 5) is 12.9. The second-order valence-corrected chi connectivity index (χ2v) is 7.18. The van der Waals surface area contributed by atoms with Gasteiger partial charge in [0.25, 0.3) is 0 Å². The molecule has 4 nitrogen and oxygen atoms in total. The molecule has 1 N–H and O–H groups in total. The zero-order valence-corrected chi connectivity index (χ0v) is 15.1. The number of hydrogen-bond acceptors (Lipinski definition) is 2. The molecule has 26 heavy (non-hydrogen) atoms. The van der Waals surface area contributed by atoms with Gasteiger partial charge in [0.05, 0.1) is 11.1 Å². The van der Waals surface area contributed by atoms with Gasteiger partial charge in [0, 0.05) is 24.0 Å². The number of nitrogens with zero attached hydrogens (tertiary/aromatic N) is 2. The highest BCUT2D eigenvalue weighted by molar-refractivity contribution is 6.30. The third kappa shape index (κ3) is 3.13. The lowest BCUT2D eigenvalue weighted by atomic mass is 9.64. The minimum atomic E-state index is -0.403. The molecule has 0 radical (unpaired) electrons. The lowest BCUT2D eigenvalue weighted by Gasteiger charge is -2.40. The van der Waals surface area contributed by atoms with Crippen LogP contribution in [0.2, 0.25) is 5.02 Å². The van der Waals surface area contributed by atoms with Crippen molar-refractivity contribution in [2.75, 3.05) is 0 Å². The molecule has 1 amide bonds. The molecule has 132 valence electrons. The predicted molar refractivity (Wildman–Crippen MR) is 102 cm³/mol. The van der Waals surface area contributed by atoms with Gasteiger partial charge in [0.2, 0.25) is 5.91 Å². The van der Waals surface area contributed by atoms with E-state index in [0.717, 1.165) is 36.1 Å². The Morgan fingerprint density at radius 1 is 1.12 bits per heavy atom. The molecule has 3 aromatic rings. The van der Waals surface area contributed by atoms with Crippen LogP contribution in [0.3, 0.4) is 0 Å². The Kier molecular flexibility index (Phi) is 4.51. The van der Waals surface area contributed by atoms with Crippen molar-refractivity contribution in [2.45, 2.75) is 31.2 Å². The van der Waals surface area contributed by atoms with E-state index in [4.69, 9.17) is 11.6 Å². The van der Waals surface area contributed by atoms with E-state index in [1.807, 2.05) is 65.5 Å². The molecule has 0 atom stereocenters. The number of rotatable bonds is 5. The van der Waals surface area contributed by atoms with E-state index in [2.05, 4.69) is 10.4 Å². The number of benzene rings is 2. The van der Waals surface area contributed by atoms with E-state index < -0.39 is 5.41 Å². The fourth-order valence-corrected chi connectivity index (χ4v) is 3.61. The van der Waals surface area contributed by atoms with Crippen LogP contribution >= 0.6 is 11.6 Å². The molecule has 1 saturated carbocycles. The van der Waals surface area contributed by atoms with Gasteiger partial charge in [0.1, 0.15) is 0 Å². The maximum Gasteiger partial charge on any atom is 0.230 e. The summed E-state index contributed by atoms with van der Waals surface area (Å²) >= 11 is 5.99. The van der Waals surface area contributed by atoms with Gasteiger partial charge in [-0.2, -0.15) is 5.10 Å². The number of nitrogens with one attached hydrogen (secondary N) is 1. The van der Waals surface area contributed by atoms with Gasteiger partial charge in [-0.1, -0.05) is 42.3 Å². The van der Waals surface area contributed by atoms with E-state index in [1.165, 1.54) is 0 Å². The average Bonchev–Trinajstić information content (AvgIpc) is 3.16. The standard InChI is InChI=1S/C21H20ClN3O/c22-18-7-5-17(6-8-18)21(11-1-12-21)20(26)23-15-16-3-9-19(10-4-16)25-14-2-13-24-25/h2-10,13-14H,1,11-12,15H2,(H,23,26). The monoisotopic (exact) mass is 365 g/mol. The molecule has 0 aliphatic heterocycles. The Bertz CT molecular complexity index is 882. The van der Waals surface area contributed by atoms with E-state index in [9.17, 15) is 4.79 Å². The van der Waals surface area contributed by atoms with Crippen molar-refractivity contribution >= 4 is 17.5 Å². The Labute approximate surface area is 157 Å². The SMILES string of the molecule is O=C(NCc1ccc(-n2cccn2)cc1)C1(c2ccc(Cl)cc2)CCC1. The zero-order chi connectivity index (χ0) is 18.0. The fourth-order valence-electron chi connectivity index (χ4n) is 3.49. The molecule has 1 heterocycles. The summed E-state index contributed by atoms with van der Waals surface area (Å²) in [6.07, 6.45) is 6.51. The first-order valence-corrected chi connectivity index (χ1v) is 9.18. The van der Waals surface area contributed by atoms with Crippen LogP contribution in [0.4, 0.5) is 0 Å². The van der Waals surface area contributed by atoms with Crippen LogP contribution in [0.15, 0.2) is 67.0 Å². The Hall–Kier alpha value is -2.59. The Balaban J connectivity index is 1.43. The van der Waals surface area contributed by atoms with Crippen LogP contribution in [0.1, 0.15) is 30.4 Å². The molecule has 1 fully saturated rings. The van der Waals surface area contributed by atoms with Gasteiger partial charge in [-0.25, -0.2) is 4.68 Å². The van der Waals surface area contributed by atoms with Gasteiger partial charge >= 0.3 is 0 Å².